The maximum atomic E-state index is 12.5. The van der Waals surface area contributed by atoms with Gasteiger partial charge < -0.3 is 5.32 Å². The molecule has 4 rings (SSSR count). The zero-order valence-electron chi connectivity index (χ0n) is 13.2. The maximum absolute atomic E-state index is 12.5. The molecule has 0 saturated heterocycles. The fourth-order valence-corrected chi connectivity index (χ4v) is 2.95. The quantitative estimate of drug-likeness (QED) is 0.768. The largest absolute Gasteiger partial charge is 0.325 e. The van der Waals surface area contributed by atoms with Gasteiger partial charge in [0.15, 0.2) is 11.5 Å². The third-order valence-corrected chi connectivity index (χ3v) is 4.28. The van der Waals surface area contributed by atoms with Gasteiger partial charge in [-0.05, 0) is 38.3 Å². The van der Waals surface area contributed by atoms with E-state index in [2.05, 4.69) is 30.7 Å². The third-order valence-electron chi connectivity index (χ3n) is 4.28. The second-order valence-electron chi connectivity index (χ2n) is 5.97. The first-order valence-corrected chi connectivity index (χ1v) is 7.84. The maximum Gasteiger partial charge on any atom is 0.321 e. The van der Waals surface area contributed by atoms with E-state index in [0.29, 0.717) is 17.3 Å². The normalized spacial score (nSPS) is 15.7. The van der Waals surface area contributed by atoms with Gasteiger partial charge in [-0.1, -0.05) is 0 Å². The summed E-state index contributed by atoms with van der Waals surface area (Å²) in [5.74, 6) is 1.22. The van der Waals surface area contributed by atoms with Gasteiger partial charge in [0.1, 0.15) is 11.4 Å². The smallest absolute Gasteiger partial charge is 0.321 e. The number of hydrogen-bond donors (Lipinski definition) is 2. The molecular weight excluding hydrogens is 306 g/mol. The highest BCUT2D eigenvalue weighted by atomic mass is 16.2. The van der Waals surface area contributed by atoms with E-state index in [1.807, 2.05) is 13.0 Å². The number of fused-ring (bicyclic) bond motifs is 1. The minimum absolute atomic E-state index is 0.303. The molecule has 1 saturated carbocycles. The fraction of sp³-hybridized carbons (Fsp3) is 0.312. The van der Waals surface area contributed by atoms with Gasteiger partial charge in [0.05, 0.1) is 5.69 Å². The number of rotatable bonds is 3. The molecule has 0 radical (unpaired) electrons. The van der Waals surface area contributed by atoms with Gasteiger partial charge in [-0.2, -0.15) is 9.61 Å². The highest BCUT2D eigenvalue weighted by Gasteiger charge is 2.42. The van der Waals surface area contributed by atoms with Gasteiger partial charge in [-0.3, -0.25) is 5.32 Å². The van der Waals surface area contributed by atoms with Gasteiger partial charge in [-0.25, -0.2) is 19.7 Å². The summed E-state index contributed by atoms with van der Waals surface area (Å²) in [6, 6.07) is 5.03. The lowest BCUT2D eigenvalue weighted by molar-refractivity contribution is 0.175. The number of aromatic nitrogens is 5. The van der Waals surface area contributed by atoms with Crippen molar-refractivity contribution in [3.05, 3.63) is 48.3 Å². The van der Waals surface area contributed by atoms with Crippen LogP contribution in [-0.2, 0) is 5.54 Å². The molecule has 2 N–H and O–H groups in total. The summed E-state index contributed by atoms with van der Waals surface area (Å²) in [6.45, 7) is 1.88. The van der Waals surface area contributed by atoms with Crippen LogP contribution in [0, 0.1) is 6.92 Å². The molecule has 0 atom stereocenters. The van der Waals surface area contributed by atoms with E-state index in [0.717, 1.165) is 25.0 Å². The van der Waals surface area contributed by atoms with E-state index in [9.17, 15) is 4.79 Å². The van der Waals surface area contributed by atoms with Crippen molar-refractivity contribution in [1.82, 2.24) is 29.9 Å². The summed E-state index contributed by atoms with van der Waals surface area (Å²) in [7, 11) is 0. The number of anilines is 1. The number of carbonyl (C=O) groups is 1. The average molecular weight is 323 g/mol. The molecule has 0 spiro atoms. The zero-order chi connectivity index (χ0) is 16.6. The second kappa shape index (κ2) is 5.55. The van der Waals surface area contributed by atoms with Crippen LogP contribution in [0.1, 0.15) is 30.8 Å². The standard InChI is InChI=1S/C16H17N7O/c1-11-10-13-17-9-4-12(23(13)22-11)20-15(24)21-16(5-2-6-16)14-18-7-3-8-19-14/h3-4,7-10H,2,5-6H2,1H3,(H2,20,21,24). The number of hydrogen-bond acceptors (Lipinski definition) is 5. The van der Waals surface area contributed by atoms with E-state index in [1.54, 1.807) is 35.2 Å². The summed E-state index contributed by atoms with van der Waals surface area (Å²) < 4.78 is 1.61. The predicted octanol–water partition coefficient (Wildman–Crippen LogP) is 2.03. The summed E-state index contributed by atoms with van der Waals surface area (Å²) in [6.07, 6.45) is 7.73. The Kier molecular flexibility index (Phi) is 3.37. The molecule has 0 aliphatic heterocycles. The molecule has 2 amide bonds. The minimum atomic E-state index is -0.489. The molecule has 8 heteroatoms. The average Bonchev–Trinajstić information content (AvgIpc) is 2.93. The lowest BCUT2D eigenvalue weighted by atomic mass is 9.76. The van der Waals surface area contributed by atoms with Crippen molar-refractivity contribution in [3.63, 3.8) is 0 Å². The number of aryl methyl sites for hydroxylation is 1. The molecule has 24 heavy (non-hydrogen) atoms. The van der Waals surface area contributed by atoms with Crippen molar-refractivity contribution in [2.45, 2.75) is 31.7 Å². The molecule has 3 aromatic heterocycles. The predicted molar refractivity (Wildman–Crippen MR) is 87.4 cm³/mol. The first-order valence-electron chi connectivity index (χ1n) is 7.84. The first kappa shape index (κ1) is 14.6. The Bertz CT molecular complexity index is 886. The van der Waals surface area contributed by atoms with Crippen LogP contribution >= 0.6 is 0 Å². The molecular formula is C16H17N7O. The van der Waals surface area contributed by atoms with Crippen LogP contribution in [0.3, 0.4) is 0 Å². The molecule has 1 aliphatic carbocycles. The Hall–Kier alpha value is -3.03. The van der Waals surface area contributed by atoms with E-state index in [1.165, 1.54) is 0 Å². The van der Waals surface area contributed by atoms with Crippen LogP contribution in [0.25, 0.3) is 5.65 Å². The molecule has 0 unspecified atom stereocenters. The SMILES string of the molecule is Cc1cc2nccc(NC(=O)NC3(c4ncccn4)CCC3)n2n1. The van der Waals surface area contributed by atoms with E-state index in [4.69, 9.17) is 0 Å². The Balaban J connectivity index is 1.56. The highest BCUT2D eigenvalue weighted by molar-refractivity contribution is 5.89. The lowest BCUT2D eigenvalue weighted by Gasteiger charge is -2.40. The summed E-state index contributed by atoms with van der Waals surface area (Å²) in [4.78, 5) is 25.3. The van der Waals surface area contributed by atoms with E-state index in [-0.39, 0.29) is 6.03 Å². The molecule has 3 aromatic rings. The Morgan fingerprint density at radius 3 is 2.71 bits per heavy atom. The van der Waals surface area contributed by atoms with Gasteiger partial charge >= 0.3 is 6.03 Å². The second-order valence-corrected chi connectivity index (χ2v) is 5.97. The van der Waals surface area contributed by atoms with E-state index >= 15 is 0 Å². The Labute approximate surface area is 138 Å². The Morgan fingerprint density at radius 2 is 2.00 bits per heavy atom. The molecule has 8 nitrogen and oxygen atoms in total. The molecule has 0 bridgehead atoms. The number of nitrogens with zero attached hydrogens (tertiary/aromatic N) is 5. The van der Waals surface area contributed by atoms with Crippen LogP contribution in [0.2, 0.25) is 0 Å². The highest BCUT2D eigenvalue weighted by Crippen LogP contribution is 2.39. The Morgan fingerprint density at radius 1 is 1.21 bits per heavy atom. The molecule has 122 valence electrons. The minimum Gasteiger partial charge on any atom is -0.325 e. The third kappa shape index (κ3) is 2.45. The van der Waals surface area contributed by atoms with Crippen LogP contribution < -0.4 is 10.6 Å². The van der Waals surface area contributed by atoms with E-state index < -0.39 is 5.54 Å². The van der Waals surface area contributed by atoms with Crippen LogP contribution in [-0.4, -0.2) is 30.6 Å². The topological polar surface area (TPSA) is 97.1 Å². The molecule has 0 aromatic carbocycles. The number of carbonyl (C=O) groups excluding carboxylic acids is 1. The molecule has 3 heterocycles. The van der Waals surface area contributed by atoms with Crippen molar-refractivity contribution in [2.75, 3.05) is 5.32 Å². The van der Waals surface area contributed by atoms with Crippen LogP contribution in [0.5, 0.6) is 0 Å². The number of urea groups is 1. The van der Waals surface area contributed by atoms with Gasteiger partial charge in [0.25, 0.3) is 0 Å². The first-order chi connectivity index (χ1) is 11.7. The lowest BCUT2D eigenvalue weighted by Crippen LogP contribution is -2.53. The number of amides is 2. The van der Waals surface area contributed by atoms with Crippen molar-refractivity contribution >= 4 is 17.5 Å². The van der Waals surface area contributed by atoms with Crippen molar-refractivity contribution < 1.29 is 4.79 Å². The summed E-state index contributed by atoms with van der Waals surface area (Å²) >= 11 is 0. The molecule has 1 aliphatic rings. The van der Waals surface area contributed by atoms with Crippen molar-refractivity contribution in [1.29, 1.82) is 0 Å². The zero-order valence-corrected chi connectivity index (χ0v) is 13.2. The monoisotopic (exact) mass is 323 g/mol. The number of nitrogens with one attached hydrogen (secondary N) is 2. The van der Waals surface area contributed by atoms with Crippen molar-refractivity contribution in [3.8, 4) is 0 Å². The molecule has 1 fully saturated rings. The summed E-state index contributed by atoms with van der Waals surface area (Å²) in [5, 5.41) is 10.2. The van der Waals surface area contributed by atoms with Gasteiger partial charge in [-0.15, -0.1) is 0 Å². The van der Waals surface area contributed by atoms with Crippen LogP contribution in [0.4, 0.5) is 10.6 Å². The van der Waals surface area contributed by atoms with Crippen LogP contribution in [0.15, 0.2) is 36.8 Å². The summed E-state index contributed by atoms with van der Waals surface area (Å²) in [5.41, 5.74) is 1.04. The fourth-order valence-electron chi connectivity index (χ4n) is 2.95. The van der Waals surface area contributed by atoms with Gasteiger partial charge in [0, 0.05) is 24.7 Å². The van der Waals surface area contributed by atoms with Gasteiger partial charge in [0.2, 0.25) is 0 Å². The van der Waals surface area contributed by atoms with Crippen molar-refractivity contribution in [2.24, 2.45) is 0 Å².